The van der Waals surface area contributed by atoms with E-state index in [1.54, 1.807) is 24.3 Å². The van der Waals surface area contributed by atoms with Crippen LogP contribution in [-0.4, -0.2) is 17.0 Å². The maximum atomic E-state index is 13.3. The van der Waals surface area contributed by atoms with Crippen molar-refractivity contribution in [3.05, 3.63) is 64.3 Å². The number of carboxylic acid groups (broad SMARTS) is 1. The minimum absolute atomic E-state index is 0.0785. The first-order valence-electron chi connectivity index (χ1n) is 11.2. The lowest BCUT2D eigenvalue weighted by Crippen LogP contribution is -2.53. The number of aliphatic carboxylic acids is 1. The summed E-state index contributed by atoms with van der Waals surface area (Å²) in [6.45, 7) is 0. The zero-order valence-electron chi connectivity index (χ0n) is 17.7. The first-order valence-corrected chi connectivity index (χ1v) is 12.0. The van der Waals surface area contributed by atoms with Crippen LogP contribution in [0.2, 0.25) is 0 Å². The van der Waals surface area contributed by atoms with Crippen LogP contribution in [0.3, 0.4) is 0 Å². The minimum atomic E-state index is -1.13. The zero-order chi connectivity index (χ0) is 22.3. The molecule has 1 amide bonds. The number of ether oxygens (including phenoxy) is 1. The standard InChI is InChI=1S/C26H26BrNO4/c27-21-3-1-2-4-23(21)32-20-7-5-16(6-8-20)12-22(24(29)30)28-25(31)26-13-17-9-18(14-26)11-19(10-17)15-26/h1-8,12,17-19H,9-11,13-15H2,(H,28,31)(H,29,30)/b22-12+. The number of rotatable bonds is 6. The van der Waals surface area contributed by atoms with Gasteiger partial charge < -0.3 is 15.2 Å². The van der Waals surface area contributed by atoms with Gasteiger partial charge in [-0.3, -0.25) is 4.79 Å². The van der Waals surface area contributed by atoms with E-state index in [0.29, 0.717) is 34.8 Å². The number of para-hydroxylation sites is 1. The van der Waals surface area contributed by atoms with Gasteiger partial charge in [0.2, 0.25) is 5.91 Å². The topological polar surface area (TPSA) is 75.6 Å². The lowest BCUT2D eigenvalue weighted by molar-refractivity contribution is -0.147. The van der Waals surface area contributed by atoms with Crippen molar-refractivity contribution < 1.29 is 19.4 Å². The van der Waals surface area contributed by atoms with Crippen LogP contribution in [0.1, 0.15) is 44.1 Å². The van der Waals surface area contributed by atoms with Crippen LogP contribution in [0, 0.1) is 23.2 Å². The van der Waals surface area contributed by atoms with Gasteiger partial charge in [-0.15, -0.1) is 0 Å². The number of hydrogen-bond acceptors (Lipinski definition) is 3. The summed E-state index contributed by atoms with van der Waals surface area (Å²) >= 11 is 3.46. The first-order chi connectivity index (χ1) is 15.4. The molecule has 2 aromatic carbocycles. The number of hydrogen-bond donors (Lipinski definition) is 2. The Hall–Kier alpha value is -2.60. The van der Waals surface area contributed by atoms with Gasteiger partial charge >= 0.3 is 5.97 Å². The van der Waals surface area contributed by atoms with Gasteiger partial charge in [-0.1, -0.05) is 24.3 Å². The van der Waals surface area contributed by atoms with Gasteiger partial charge in [-0.25, -0.2) is 4.79 Å². The van der Waals surface area contributed by atoms with Gasteiger partial charge in [0.1, 0.15) is 17.2 Å². The molecule has 6 heteroatoms. The van der Waals surface area contributed by atoms with Crippen LogP contribution in [0.5, 0.6) is 11.5 Å². The van der Waals surface area contributed by atoms with Crippen molar-refractivity contribution in [2.75, 3.05) is 0 Å². The van der Waals surface area contributed by atoms with Crippen molar-refractivity contribution in [3.8, 4) is 11.5 Å². The van der Waals surface area contributed by atoms with Crippen LogP contribution >= 0.6 is 15.9 Å². The van der Waals surface area contributed by atoms with Crippen LogP contribution < -0.4 is 10.1 Å². The summed E-state index contributed by atoms with van der Waals surface area (Å²) in [6.07, 6.45) is 7.94. The molecule has 4 saturated carbocycles. The smallest absolute Gasteiger partial charge is 0.352 e. The van der Waals surface area contributed by atoms with E-state index in [1.165, 1.54) is 25.3 Å². The van der Waals surface area contributed by atoms with Gasteiger partial charge in [-0.2, -0.15) is 0 Å². The number of halogens is 1. The van der Waals surface area contributed by atoms with E-state index in [4.69, 9.17) is 4.74 Å². The van der Waals surface area contributed by atoms with Crippen LogP contribution in [0.15, 0.2) is 58.7 Å². The number of nitrogens with one attached hydrogen (secondary N) is 1. The summed E-state index contributed by atoms with van der Waals surface area (Å²) in [5, 5.41) is 12.5. The Bertz CT molecular complexity index is 1040. The van der Waals surface area contributed by atoms with E-state index in [9.17, 15) is 14.7 Å². The largest absolute Gasteiger partial charge is 0.477 e. The second-order valence-corrected chi connectivity index (χ2v) is 10.5. The number of carboxylic acids is 1. The molecule has 4 aliphatic carbocycles. The van der Waals surface area contributed by atoms with Crippen molar-refractivity contribution in [3.63, 3.8) is 0 Å². The highest BCUT2D eigenvalue weighted by Crippen LogP contribution is 2.60. The molecule has 0 aliphatic heterocycles. The number of carbonyl (C=O) groups is 2. The first kappa shape index (κ1) is 21.3. The summed E-state index contributed by atoms with van der Waals surface area (Å²) < 4.78 is 6.72. The third-order valence-corrected chi connectivity index (χ3v) is 7.91. The molecule has 4 fully saturated rings. The maximum Gasteiger partial charge on any atom is 0.352 e. The second kappa shape index (κ2) is 8.39. The van der Waals surface area contributed by atoms with E-state index >= 15 is 0 Å². The molecule has 0 saturated heterocycles. The molecular formula is C26H26BrNO4. The monoisotopic (exact) mass is 495 g/mol. The number of amides is 1. The second-order valence-electron chi connectivity index (χ2n) is 9.62. The predicted molar refractivity (Wildman–Crippen MR) is 125 cm³/mol. The summed E-state index contributed by atoms with van der Waals surface area (Å²) in [5.74, 6) is 1.98. The van der Waals surface area contributed by atoms with Crippen molar-refractivity contribution >= 4 is 33.9 Å². The molecule has 4 aliphatic rings. The fourth-order valence-corrected chi connectivity index (χ4v) is 6.61. The molecule has 0 spiro atoms. The highest BCUT2D eigenvalue weighted by atomic mass is 79.9. The van der Waals surface area contributed by atoms with E-state index in [0.717, 1.165) is 23.7 Å². The molecule has 0 heterocycles. The van der Waals surface area contributed by atoms with Crippen molar-refractivity contribution in [2.45, 2.75) is 38.5 Å². The molecule has 2 aromatic rings. The zero-order valence-corrected chi connectivity index (χ0v) is 19.3. The van der Waals surface area contributed by atoms with E-state index in [1.807, 2.05) is 24.3 Å². The molecule has 2 N–H and O–H groups in total. The lowest BCUT2D eigenvalue weighted by atomic mass is 9.49. The van der Waals surface area contributed by atoms with Gasteiger partial charge in [-0.05, 0) is 108 Å². The number of benzene rings is 2. The summed E-state index contributed by atoms with van der Waals surface area (Å²) in [5.41, 5.74) is 0.224. The predicted octanol–water partition coefficient (Wildman–Crippen LogP) is 6.00. The maximum absolute atomic E-state index is 13.3. The molecule has 0 atom stereocenters. The van der Waals surface area contributed by atoms with Crippen molar-refractivity contribution in [1.82, 2.24) is 5.32 Å². The Balaban J connectivity index is 1.31. The summed E-state index contributed by atoms with van der Waals surface area (Å²) in [6, 6.07) is 14.7. The molecule has 0 aromatic heterocycles. The van der Waals surface area contributed by atoms with Crippen LogP contribution in [0.25, 0.3) is 6.08 Å². The summed E-state index contributed by atoms with van der Waals surface area (Å²) in [7, 11) is 0. The highest BCUT2D eigenvalue weighted by molar-refractivity contribution is 9.10. The fourth-order valence-electron chi connectivity index (χ4n) is 6.25. The molecule has 166 valence electrons. The van der Waals surface area contributed by atoms with E-state index in [-0.39, 0.29) is 17.0 Å². The van der Waals surface area contributed by atoms with E-state index in [2.05, 4.69) is 21.2 Å². The average Bonchev–Trinajstić information content (AvgIpc) is 2.75. The molecule has 4 bridgehead atoms. The quantitative estimate of drug-likeness (QED) is 0.481. The third-order valence-electron chi connectivity index (χ3n) is 7.25. The normalized spacial score (nSPS) is 28.4. The Morgan fingerprint density at radius 3 is 2.12 bits per heavy atom. The van der Waals surface area contributed by atoms with Gasteiger partial charge in [0.25, 0.3) is 0 Å². The molecule has 6 rings (SSSR count). The Morgan fingerprint density at radius 2 is 1.56 bits per heavy atom. The number of carbonyl (C=O) groups excluding carboxylic acids is 1. The molecular weight excluding hydrogens is 470 g/mol. The van der Waals surface area contributed by atoms with Gasteiger partial charge in [0.15, 0.2) is 0 Å². The summed E-state index contributed by atoms with van der Waals surface area (Å²) in [4.78, 5) is 25.2. The minimum Gasteiger partial charge on any atom is -0.477 e. The van der Waals surface area contributed by atoms with Crippen LogP contribution in [-0.2, 0) is 9.59 Å². The Kier molecular flexibility index (Phi) is 5.58. The highest BCUT2D eigenvalue weighted by Gasteiger charge is 2.54. The van der Waals surface area contributed by atoms with E-state index < -0.39 is 5.97 Å². The molecule has 0 unspecified atom stereocenters. The molecule has 32 heavy (non-hydrogen) atoms. The Labute approximate surface area is 196 Å². The third kappa shape index (κ3) is 4.20. The van der Waals surface area contributed by atoms with Gasteiger partial charge in [0.05, 0.1) is 9.89 Å². The SMILES string of the molecule is O=C(O)/C(=C\c1ccc(Oc2ccccc2Br)cc1)NC(=O)C12CC3CC(CC(C3)C1)C2. The molecule has 5 nitrogen and oxygen atoms in total. The lowest BCUT2D eigenvalue weighted by Gasteiger charge is -2.55. The average molecular weight is 496 g/mol. The Morgan fingerprint density at radius 1 is 0.969 bits per heavy atom. The van der Waals surface area contributed by atoms with Crippen molar-refractivity contribution in [2.24, 2.45) is 23.2 Å². The molecule has 0 radical (unpaired) electrons. The fraction of sp³-hybridized carbons (Fsp3) is 0.385. The van der Waals surface area contributed by atoms with Gasteiger partial charge in [0, 0.05) is 0 Å². The van der Waals surface area contributed by atoms with Crippen LogP contribution in [0.4, 0.5) is 0 Å². The van der Waals surface area contributed by atoms with Crippen molar-refractivity contribution in [1.29, 1.82) is 0 Å².